The topological polar surface area (TPSA) is 0 Å². The second kappa shape index (κ2) is 4.80. The Morgan fingerprint density at radius 2 is 1.71 bits per heavy atom. The lowest BCUT2D eigenvalue weighted by atomic mass is 9.91. The fraction of sp³-hybridized carbons (Fsp3) is 0.286. The van der Waals surface area contributed by atoms with Crippen molar-refractivity contribution in [3.63, 3.8) is 0 Å². The Morgan fingerprint density at radius 1 is 1.07 bits per heavy atom. The Morgan fingerprint density at radius 3 is 2.36 bits per heavy atom. The van der Waals surface area contributed by atoms with Crippen LogP contribution in [-0.2, 0) is 0 Å². The molecule has 0 N–H and O–H groups in total. The highest BCUT2D eigenvalue weighted by atomic mass is 14.1. The lowest BCUT2D eigenvalue weighted by molar-refractivity contribution is 0.915. The van der Waals surface area contributed by atoms with Crippen LogP contribution in [0.25, 0.3) is 0 Å². The monoisotopic (exact) mass is 186 g/mol. The van der Waals surface area contributed by atoms with E-state index in [0.29, 0.717) is 0 Å². The molecule has 0 unspecified atom stereocenters. The lowest BCUT2D eigenvalue weighted by Gasteiger charge is -2.14. The minimum Gasteiger partial charge on any atom is -0.0909 e. The van der Waals surface area contributed by atoms with E-state index >= 15 is 0 Å². The zero-order valence-corrected chi connectivity index (χ0v) is 9.14. The average Bonchev–Trinajstić information content (AvgIpc) is 2.19. The van der Waals surface area contributed by atoms with E-state index in [1.807, 2.05) is 0 Å². The standard InChI is InChI=1S/C14H18/c1-5-8-14-10-7-6-9-11(2)12(3)13(14)4/h6-7,9-10H,3-5,8H2,1-2H3/b7-6-,11-9+,14-10-. The van der Waals surface area contributed by atoms with E-state index in [1.165, 1.54) is 11.1 Å². The number of rotatable bonds is 2. The SMILES string of the molecule is C=C1C(=C)/C(C)=C/C=C\C=C/1CCC. The van der Waals surface area contributed by atoms with Crippen molar-refractivity contribution in [3.05, 3.63) is 59.8 Å². The summed E-state index contributed by atoms with van der Waals surface area (Å²) in [6.07, 6.45) is 10.6. The molecule has 0 spiro atoms. The molecule has 0 saturated heterocycles. The smallest absolute Gasteiger partial charge is 0.0227 e. The van der Waals surface area contributed by atoms with Gasteiger partial charge in [-0.05, 0) is 35.6 Å². The first kappa shape index (κ1) is 10.8. The molecule has 0 fully saturated rings. The molecular formula is C14H18. The molecule has 0 heterocycles. The van der Waals surface area contributed by atoms with Crippen molar-refractivity contribution in [1.29, 1.82) is 0 Å². The van der Waals surface area contributed by atoms with Gasteiger partial charge in [-0.2, -0.15) is 0 Å². The Labute approximate surface area is 87.0 Å². The number of allylic oxidation sites excluding steroid dienone is 8. The van der Waals surface area contributed by atoms with Gasteiger partial charge in [-0.25, -0.2) is 0 Å². The van der Waals surface area contributed by atoms with Crippen molar-refractivity contribution in [2.75, 3.05) is 0 Å². The molecule has 0 nitrogen and oxygen atoms in total. The molecule has 0 radical (unpaired) electrons. The lowest BCUT2D eigenvalue weighted by Crippen LogP contribution is -1.95. The second-order valence-electron chi connectivity index (χ2n) is 3.63. The molecule has 74 valence electrons. The van der Waals surface area contributed by atoms with E-state index in [-0.39, 0.29) is 0 Å². The Balaban J connectivity index is 3.01. The quantitative estimate of drug-likeness (QED) is 0.601. The molecule has 0 atom stereocenters. The number of hydrogen-bond acceptors (Lipinski definition) is 0. The average molecular weight is 186 g/mol. The first-order valence-electron chi connectivity index (χ1n) is 5.10. The maximum atomic E-state index is 4.10. The van der Waals surface area contributed by atoms with Crippen LogP contribution in [0.2, 0.25) is 0 Å². The van der Waals surface area contributed by atoms with Gasteiger partial charge in [0.2, 0.25) is 0 Å². The highest BCUT2D eigenvalue weighted by molar-refractivity contribution is 5.55. The van der Waals surface area contributed by atoms with Crippen molar-refractivity contribution >= 4 is 0 Å². The van der Waals surface area contributed by atoms with Gasteiger partial charge in [-0.3, -0.25) is 0 Å². The predicted molar refractivity (Wildman–Crippen MR) is 64.2 cm³/mol. The largest absolute Gasteiger partial charge is 0.0909 e. The zero-order chi connectivity index (χ0) is 10.6. The third-order valence-corrected chi connectivity index (χ3v) is 2.50. The van der Waals surface area contributed by atoms with Gasteiger partial charge < -0.3 is 0 Å². The molecule has 0 aromatic carbocycles. The highest BCUT2D eigenvalue weighted by Gasteiger charge is 2.07. The predicted octanol–water partition coefficient (Wildman–Crippen LogP) is 4.34. The van der Waals surface area contributed by atoms with Crippen LogP contribution in [0.15, 0.2) is 59.8 Å². The molecule has 1 aliphatic carbocycles. The van der Waals surface area contributed by atoms with Crippen LogP contribution in [0.4, 0.5) is 0 Å². The molecule has 0 amide bonds. The van der Waals surface area contributed by atoms with Gasteiger partial charge >= 0.3 is 0 Å². The molecule has 1 aliphatic rings. The summed E-state index contributed by atoms with van der Waals surface area (Å²) >= 11 is 0. The van der Waals surface area contributed by atoms with Crippen molar-refractivity contribution < 1.29 is 0 Å². The van der Waals surface area contributed by atoms with Gasteiger partial charge in [-0.15, -0.1) is 0 Å². The fourth-order valence-electron chi connectivity index (χ4n) is 1.51. The van der Waals surface area contributed by atoms with E-state index in [1.54, 1.807) is 0 Å². The molecule has 14 heavy (non-hydrogen) atoms. The Bertz CT molecular complexity index is 335. The van der Waals surface area contributed by atoms with Gasteiger partial charge in [0, 0.05) is 0 Å². The molecule has 0 aromatic heterocycles. The summed E-state index contributed by atoms with van der Waals surface area (Å²) in [5.74, 6) is 0. The van der Waals surface area contributed by atoms with Crippen LogP contribution in [0, 0.1) is 0 Å². The highest BCUT2D eigenvalue weighted by Crippen LogP contribution is 2.26. The van der Waals surface area contributed by atoms with Crippen LogP contribution < -0.4 is 0 Å². The molecule has 1 rings (SSSR count). The third-order valence-electron chi connectivity index (χ3n) is 2.50. The summed E-state index contributed by atoms with van der Waals surface area (Å²) < 4.78 is 0. The summed E-state index contributed by atoms with van der Waals surface area (Å²) in [6, 6.07) is 0. The first-order chi connectivity index (χ1) is 6.66. The minimum atomic E-state index is 1.06. The minimum absolute atomic E-state index is 1.06. The summed E-state index contributed by atoms with van der Waals surface area (Å²) in [6.45, 7) is 12.4. The normalized spacial score (nSPS) is 27.0. The van der Waals surface area contributed by atoms with E-state index in [2.05, 4.69) is 51.3 Å². The first-order valence-corrected chi connectivity index (χ1v) is 5.10. The van der Waals surface area contributed by atoms with E-state index in [0.717, 1.165) is 24.0 Å². The molecule has 0 bridgehead atoms. The fourth-order valence-corrected chi connectivity index (χ4v) is 1.51. The van der Waals surface area contributed by atoms with Gasteiger partial charge in [0.1, 0.15) is 0 Å². The zero-order valence-electron chi connectivity index (χ0n) is 9.14. The molecule has 0 aliphatic heterocycles. The summed E-state index contributed by atoms with van der Waals surface area (Å²) in [4.78, 5) is 0. The van der Waals surface area contributed by atoms with E-state index < -0.39 is 0 Å². The van der Waals surface area contributed by atoms with Crippen molar-refractivity contribution in [2.45, 2.75) is 26.7 Å². The second-order valence-corrected chi connectivity index (χ2v) is 3.63. The van der Waals surface area contributed by atoms with Gasteiger partial charge in [0.15, 0.2) is 0 Å². The Kier molecular flexibility index (Phi) is 3.70. The summed E-state index contributed by atoms with van der Waals surface area (Å²) in [7, 11) is 0. The third kappa shape index (κ3) is 2.35. The molecule has 0 aromatic rings. The van der Waals surface area contributed by atoms with Gasteiger partial charge in [-0.1, -0.05) is 50.8 Å². The molecular weight excluding hydrogens is 168 g/mol. The van der Waals surface area contributed by atoms with E-state index in [9.17, 15) is 0 Å². The van der Waals surface area contributed by atoms with Gasteiger partial charge in [0.05, 0.1) is 0 Å². The van der Waals surface area contributed by atoms with Crippen molar-refractivity contribution in [2.24, 2.45) is 0 Å². The van der Waals surface area contributed by atoms with E-state index in [4.69, 9.17) is 0 Å². The summed E-state index contributed by atoms with van der Waals surface area (Å²) in [5, 5.41) is 0. The van der Waals surface area contributed by atoms with Gasteiger partial charge in [0.25, 0.3) is 0 Å². The van der Waals surface area contributed by atoms with Crippen LogP contribution in [0.3, 0.4) is 0 Å². The van der Waals surface area contributed by atoms with Crippen LogP contribution >= 0.6 is 0 Å². The maximum absolute atomic E-state index is 4.10. The van der Waals surface area contributed by atoms with Crippen molar-refractivity contribution in [1.82, 2.24) is 0 Å². The molecule has 0 heteroatoms. The summed E-state index contributed by atoms with van der Waals surface area (Å²) in [5.41, 5.74) is 4.66. The maximum Gasteiger partial charge on any atom is -0.0227 e. The Hall–Kier alpha value is -1.30. The van der Waals surface area contributed by atoms with Crippen LogP contribution in [0.5, 0.6) is 0 Å². The van der Waals surface area contributed by atoms with Crippen LogP contribution in [0.1, 0.15) is 26.7 Å². The molecule has 0 saturated carbocycles. The van der Waals surface area contributed by atoms with Crippen molar-refractivity contribution in [3.8, 4) is 0 Å². The van der Waals surface area contributed by atoms with Crippen LogP contribution in [-0.4, -0.2) is 0 Å². The number of hydrogen-bond donors (Lipinski definition) is 0.